The second-order valence-corrected chi connectivity index (χ2v) is 8.10. The Hall–Kier alpha value is -2.40. The first kappa shape index (κ1) is 22.3. The van der Waals surface area contributed by atoms with E-state index in [0.717, 1.165) is 25.9 Å². The van der Waals surface area contributed by atoms with Gasteiger partial charge in [0, 0.05) is 37.4 Å². The summed E-state index contributed by atoms with van der Waals surface area (Å²) in [4.78, 5) is 17.3. The predicted octanol–water partition coefficient (Wildman–Crippen LogP) is 5.11. The number of carbonyl (C=O) groups excluding carboxylic acids is 1. The third-order valence-electron chi connectivity index (χ3n) is 5.70. The van der Waals surface area contributed by atoms with Crippen molar-refractivity contribution in [3.05, 3.63) is 52.0 Å². The lowest BCUT2D eigenvalue weighted by atomic mass is 10.1. The maximum absolute atomic E-state index is 13.1. The molecule has 1 amide bonds. The smallest absolute Gasteiger partial charge is 0.254 e. The topological polar surface area (TPSA) is 42.0 Å². The van der Waals surface area contributed by atoms with Crippen LogP contribution in [0.25, 0.3) is 0 Å². The molecule has 0 atom stereocenters. The lowest BCUT2D eigenvalue weighted by Crippen LogP contribution is -2.49. The van der Waals surface area contributed by atoms with Gasteiger partial charge in [0.05, 0.1) is 18.7 Å². The Bertz CT molecular complexity index is 892. The third kappa shape index (κ3) is 4.84. The summed E-state index contributed by atoms with van der Waals surface area (Å²) in [7, 11) is 1.57. The first-order valence-corrected chi connectivity index (χ1v) is 10.9. The minimum Gasteiger partial charge on any atom is -0.493 e. The Kier molecular flexibility index (Phi) is 7.48. The molecule has 1 fully saturated rings. The molecule has 0 N–H and O–H groups in total. The van der Waals surface area contributed by atoms with Crippen LogP contribution in [-0.2, 0) is 0 Å². The Labute approximate surface area is 184 Å². The number of piperazine rings is 1. The second-order valence-electron chi connectivity index (χ2n) is 7.69. The first-order chi connectivity index (χ1) is 14.5. The van der Waals surface area contributed by atoms with Gasteiger partial charge in [0.25, 0.3) is 5.91 Å². The van der Waals surface area contributed by atoms with E-state index in [0.29, 0.717) is 41.8 Å². The highest BCUT2D eigenvalue weighted by atomic mass is 35.5. The molecular weight excluding hydrogens is 400 g/mol. The molecule has 0 aromatic heterocycles. The van der Waals surface area contributed by atoms with E-state index in [9.17, 15) is 4.79 Å². The summed E-state index contributed by atoms with van der Waals surface area (Å²) >= 11 is 6.43. The SMILES string of the molecule is CCCCOc1c(Cl)cc(C(=O)N2CCN(c3cccc(C)c3C)CC2)cc1OC. The van der Waals surface area contributed by atoms with Crippen molar-refractivity contribution < 1.29 is 14.3 Å². The molecule has 1 aliphatic rings. The number of hydrogen-bond acceptors (Lipinski definition) is 4. The van der Waals surface area contributed by atoms with Crippen LogP contribution in [0.3, 0.4) is 0 Å². The molecule has 0 unspecified atom stereocenters. The summed E-state index contributed by atoms with van der Waals surface area (Å²) in [6, 6.07) is 9.79. The summed E-state index contributed by atoms with van der Waals surface area (Å²) in [5.41, 5.74) is 4.36. The van der Waals surface area contributed by atoms with Gasteiger partial charge in [0.15, 0.2) is 11.5 Å². The van der Waals surface area contributed by atoms with Gasteiger partial charge in [-0.1, -0.05) is 37.1 Å². The number of aryl methyl sites for hydroxylation is 1. The van der Waals surface area contributed by atoms with E-state index in [4.69, 9.17) is 21.1 Å². The van der Waals surface area contributed by atoms with Gasteiger partial charge in [-0.3, -0.25) is 4.79 Å². The van der Waals surface area contributed by atoms with Crippen LogP contribution in [0.4, 0.5) is 5.69 Å². The number of hydrogen-bond donors (Lipinski definition) is 0. The highest BCUT2D eigenvalue weighted by Gasteiger charge is 2.25. The maximum atomic E-state index is 13.1. The minimum absolute atomic E-state index is 0.0316. The zero-order chi connectivity index (χ0) is 21.7. The van der Waals surface area contributed by atoms with Crippen molar-refractivity contribution in [2.24, 2.45) is 0 Å². The van der Waals surface area contributed by atoms with E-state index in [1.54, 1.807) is 19.2 Å². The molecule has 1 aliphatic heterocycles. The number of halogens is 1. The van der Waals surface area contributed by atoms with Crippen molar-refractivity contribution in [3.8, 4) is 11.5 Å². The van der Waals surface area contributed by atoms with Crippen LogP contribution in [0.15, 0.2) is 30.3 Å². The molecule has 162 valence electrons. The maximum Gasteiger partial charge on any atom is 0.254 e. The molecular formula is C24H31ClN2O3. The van der Waals surface area contributed by atoms with Gasteiger partial charge in [-0.15, -0.1) is 0 Å². The number of ether oxygens (including phenoxy) is 2. The van der Waals surface area contributed by atoms with Gasteiger partial charge >= 0.3 is 0 Å². The van der Waals surface area contributed by atoms with E-state index in [1.807, 2.05) is 4.90 Å². The molecule has 30 heavy (non-hydrogen) atoms. The van der Waals surface area contributed by atoms with Crippen LogP contribution >= 0.6 is 11.6 Å². The molecule has 1 heterocycles. The van der Waals surface area contributed by atoms with E-state index in [1.165, 1.54) is 16.8 Å². The number of rotatable bonds is 7. The number of benzene rings is 2. The molecule has 5 nitrogen and oxygen atoms in total. The van der Waals surface area contributed by atoms with E-state index >= 15 is 0 Å². The Morgan fingerprint density at radius 2 is 1.87 bits per heavy atom. The van der Waals surface area contributed by atoms with Gasteiger partial charge in [-0.05, 0) is 49.6 Å². The fourth-order valence-electron chi connectivity index (χ4n) is 3.71. The first-order valence-electron chi connectivity index (χ1n) is 10.6. The highest BCUT2D eigenvalue weighted by molar-refractivity contribution is 6.32. The van der Waals surface area contributed by atoms with Gasteiger partial charge in [-0.2, -0.15) is 0 Å². The van der Waals surface area contributed by atoms with Crippen molar-refractivity contribution in [1.82, 2.24) is 4.90 Å². The molecule has 0 spiro atoms. The Balaban J connectivity index is 1.70. The minimum atomic E-state index is -0.0316. The van der Waals surface area contributed by atoms with Crippen molar-refractivity contribution >= 4 is 23.2 Å². The fourth-order valence-corrected chi connectivity index (χ4v) is 3.98. The number of carbonyl (C=O) groups is 1. The molecule has 0 saturated carbocycles. The summed E-state index contributed by atoms with van der Waals surface area (Å²) in [6.07, 6.45) is 1.97. The average Bonchev–Trinajstić information content (AvgIpc) is 2.76. The van der Waals surface area contributed by atoms with Gasteiger partial charge < -0.3 is 19.3 Å². The number of unbranched alkanes of at least 4 members (excludes halogenated alkanes) is 1. The number of methoxy groups -OCH3 is 1. The standard InChI is InChI=1S/C24H31ClN2O3/c1-5-6-14-30-23-20(25)15-19(16-22(23)29-4)24(28)27-12-10-26(11-13-27)21-9-7-8-17(2)18(21)3/h7-9,15-16H,5-6,10-14H2,1-4H3. The quantitative estimate of drug-likeness (QED) is 0.572. The number of amides is 1. The van der Waals surface area contributed by atoms with Crippen LogP contribution in [0.1, 0.15) is 41.3 Å². The summed E-state index contributed by atoms with van der Waals surface area (Å²) in [6.45, 7) is 9.90. The third-order valence-corrected chi connectivity index (χ3v) is 5.99. The molecule has 1 saturated heterocycles. The van der Waals surface area contributed by atoms with Gasteiger partial charge in [0.1, 0.15) is 0 Å². The summed E-state index contributed by atoms with van der Waals surface area (Å²) < 4.78 is 11.2. The van der Waals surface area contributed by atoms with Crippen molar-refractivity contribution in [2.45, 2.75) is 33.6 Å². The molecule has 0 bridgehead atoms. The van der Waals surface area contributed by atoms with Gasteiger partial charge in [0.2, 0.25) is 0 Å². The molecule has 6 heteroatoms. The zero-order valence-corrected chi connectivity index (χ0v) is 19.1. The normalized spacial score (nSPS) is 14.0. The van der Waals surface area contributed by atoms with E-state index < -0.39 is 0 Å². The van der Waals surface area contributed by atoms with Crippen molar-refractivity contribution in [1.29, 1.82) is 0 Å². The van der Waals surface area contributed by atoms with Gasteiger partial charge in [-0.25, -0.2) is 0 Å². The summed E-state index contributed by atoms with van der Waals surface area (Å²) in [5.74, 6) is 0.968. The molecule has 0 radical (unpaired) electrons. The molecule has 0 aliphatic carbocycles. The molecule has 2 aromatic rings. The lowest BCUT2D eigenvalue weighted by molar-refractivity contribution is 0.0746. The zero-order valence-electron chi connectivity index (χ0n) is 18.3. The molecule has 2 aromatic carbocycles. The monoisotopic (exact) mass is 430 g/mol. The molecule has 3 rings (SSSR count). The van der Waals surface area contributed by atoms with Crippen molar-refractivity contribution in [2.75, 3.05) is 44.8 Å². The van der Waals surface area contributed by atoms with Crippen LogP contribution in [0, 0.1) is 13.8 Å². The Morgan fingerprint density at radius 1 is 1.13 bits per heavy atom. The van der Waals surface area contributed by atoms with E-state index in [2.05, 4.69) is 43.9 Å². The predicted molar refractivity (Wildman–Crippen MR) is 122 cm³/mol. The average molecular weight is 431 g/mol. The Morgan fingerprint density at radius 3 is 2.53 bits per heavy atom. The highest BCUT2D eigenvalue weighted by Crippen LogP contribution is 2.37. The lowest BCUT2D eigenvalue weighted by Gasteiger charge is -2.37. The van der Waals surface area contributed by atoms with Crippen LogP contribution in [-0.4, -0.2) is 50.7 Å². The van der Waals surface area contributed by atoms with Crippen LogP contribution in [0.2, 0.25) is 5.02 Å². The number of nitrogens with zero attached hydrogens (tertiary/aromatic N) is 2. The van der Waals surface area contributed by atoms with Crippen LogP contribution < -0.4 is 14.4 Å². The summed E-state index contributed by atoms with van der Waals surface area (Å²) in [5, 5.41) is 0.405. The number of anilines is 1. The fraction of sp³-hybridized carbons (Fsp3) is 0.458. The van der Waals surface area contributed by atoms with Crippen molar-refractivity contribution in [3.63, 3.8) is 0 Å². The van der Waals surface area contributed by atoms with Crippen LogP contribution in [0.5, 0.6) is 11.5 Å². The second kappa shape index (κ2) is 10.1. The largest absolute Gasteiger partial charge is 0.493 e. The van der Waals surface area contributed by atoms with E-state index in [-0.39, 0.29) is 5.91 Å².